The maximum absolute atomic E-state index is 15.1. The number of ketones is 1. The minimum atomic E-state index is -0.691. The highest BCUT2D eigenvalue weighted by Crippen LogP contribution is 2.71. The first-order valence-electron chi connectivity index (χ1n) is 17.4. The number of amides is 1. The van der Waals surface area contributed by atoms with Crippen LogP contribution < -0.4 is 0 Å². The van der Waals surface area contributed by atoms with Gasteiger partial charge >= 0.3 is 0 Å². The van der Waals surface area contributed by atoms with Gasteiger partial charge in [0.05, 0.1) is 5.41 Å². The lowest BCUT2D eigenvalue weighted by atomic mass is 9.38. The Morgan fingerprint density at radius 2 is 1.68 bits per heavy atom. The molecular weight excluding hydrogens is 564 g/mol. The third-order valence-electron chi connectivity index (χ3n) is 13.4. The lowest BCUT2D eigenvalue weighted by Gasteiger charge is -2.66. The third kappa shape index (κ3) is 5.05. The Morgan fingerprint density at radius 1 is 0.977 bits per heavy atom. The summed E-state index contributed by atoms with van der Waals surface area (Å²) < 4.78 is 0. The minimum Gasteiger partial charge on any atom is -0.336 e. The summed E-state index contributed by atoms with van der Waals surface area (Å²) in [4.78, 5) is 33.3. The molecule has 5 aliphatic rings. The molecule has 5 heteroatoms. The molecule has 0 aliphatic heterocycles. The molecule has 240 valence electrons. The van der Waals surface area contributed by atoms with E-state index in [2.05, 4.69) is 70.7 Å². The second kappa shape index (κ2) is 11.7. The topological polar surface area (TPSA) is 40.6 Å². The van der Waals surface area contributed by atoms with Gasteiger partial charge in [0.15, 0.2) is 5.78 Å². The number of carbonyl (C=O) groups is 2. The summed E-state index contributed by atoms with van der Waals surface area (Å²) in [6.45, 7) is 14.0. The molecule has 0 aromatic heterocycles. The van der Waals surface area contributed by atoms with Crippen LogP contribution in [0.3, 0.4) is 0 Å². The molecule has 3 saturated carbocycles. The molecule has 0 heterocycles. The molecule has 4 nitrogen and oxygen atoms in total. The molecule has 1 aromatic carbocycles. The van der Waals surface area contributed by atoms with E-state index in [1.54, 1.807) is 0 Å². The van der Waals surface area contributed by atoms with Crippen LogP contribution in [0.2, 0.25) is 5.02 Å². The van der Waals surface area contributed by atoms with E-state index in [1.807, 2.05) is 24.3 Å². The summed E-state index contributed by atoms with van der Waals surface area (Å²) in [5.74, 6) is 3.56. The van der Waals surface area contributed by atoms with Crippen molar-refractivity contribution in [3.05, 3.63) is 58.1 Å². The smallest absolute Gasteiger partial charge is 0.233 e. The van der Waals surface area contributed by atoms with Crippen LogP contribution in [0.5, 0.6) is 0 Å². The Hall–Kier alpha value is -1.91. The fourth-order valence-electron chi connectivity index (χ4n) is 11.5. The maximum atomic E-state index is 15.1. The summed E-state index contributed by atoms with van der Waals surface area (Å²) in [6.07, 6.45) is 13.3. The number of carbonyl (C=O) groups excluding carboxylic acids is 2. The van der Waals surface area contributed by atoms with Gasteiger partial charge in [-0.2, -0.15) is 0 Å². The van der Waals surface area contributed by atoms with E-state index in [-0.39, 0.29) is 23.0 Å². The van der Waals surface area contributed by atoms with E-state index in [0.29, 0.717) is 53.6 Å². The number of fused-ring (bicyclic) bond motifs is 7. The molecule has 44 heavy (non-hydrogen) atoms. The zero-order valence-electron chi connectivity index (χ0n) is 28.3. The highest BCUT2D eigenvalue weighted by molar-refractivity contribution is 6.30. The largest absolute Gasteiger partial charge is 0.336 e. The van der Waals surface area contributed by atoms with Crippen LogP contribution >= 0.6 is 11.6 Å². The SMILES string of the molecule is CC(C)C1=C2C3CCC4C5(C)CC=CC(C)C5CCC4(C)C3CCC2(C(=O)N(CCN(C)C)Cc2ccc(Cl)cc2)CC1=O. The Labute approximate surface area is 271 Å². The molecule has 3 fully saturated rings. The molecule has 0 bridgehead atoms. The fraction of sp³-hybridized carbons (Fsp3) is 0.692. The number of nitrogens with zero attached hydrogens (tertiary/aromatic N) is 2. The third-order valence-corrected chi connectivity index (χ3v) is 13.6. The van der Waals surface area contributed by atoms with Crippen molar-refractivity contribution in [3.8, 4) is 0 Å². The van der Waals surface area contributed by atoms with E-state index >= 15 is 4.79 Å². The number of allylic oxidation sites excluding steroid dienone is 3. The van der Waals surface area contributed by atoms with E-state index < -0.39 is 5.41 Å². The highest BCUT2D eigenvalue weighted by Gasteiger charge is 2.65. The van der Waals surface area contributed by atoms with Crippen LogP contribution in [0.25, 0.3) is 0 Å². The first-order valence-corrected chi connectivity index (χ1v) is 17.8. The van der Waals surface area contributed by atoms with Crippen LogP contribution in [-0.2, 0) is 16.1 Å². The Bertz CT molecular complexity index is 1350. The number of benzene rings is 1. The normalized spacial score (nSPS) is 38.0. The Morgan fingerprint density at radius 3 is 2.36 bits per heavy atom. The van der Waals surface area contributed by atoms with Gasteiger partial charge in [-0.05, 0) is 134 Å². The molecular formula is C39H55ClN2O2. The van der Waals surface area contributed by atoms with Crippen molar-refractivity contribution in [2.24, 2.45) is 51.8 Å². The zero-order valence-corrected chi connectivity index (χ0v) is 29.1. The quantitative estimate of drug-likeness (QED) is 0.287. The predicted octanol–water partition coefficient (Wildman–Crippen LogP) is 8.60. The van der Waals surface area contributed by atoms with E-state index in [0.717, 1.165) is 42.9 Å². The molecule has 0 radical (unpaired) electrons. The molecule has 1 aromatic rings. The average molecular weight is 619 g/mol. The van der Waals surface area contributed by atoms with Crippen molar-refractivity contribution < 1.29 is 9.59 Å². The second-order valence-electron chi connectivity index (χ2n) is 16.4. The van der Waals surface area contributed by atoms with Gasteiger partial charge in [-0.15, -0.1) is 0 Å². The summed E-state index contributed by atoms with van der Waals surface area (Å²) in [5, 5.41) is 0.704. The van der Waals surface area contributed by atoms with Gasteiger partial charge in [0, 0.05) is 31.1 Å². The lowest BCUT2D eigenvalue weighted by Crippen LogP contribution is -2.59. The van der Waals surface area contributed by atoms with Crippen LogP contribution in [0.4, 0.5) is 0 Å². The Balaban J connectivity index is 1.38. The van der Waals surface area contributed by atoms with Crippen LogP contribution in [-0.4, -0.2) is 48.7 Å². The minimum absolute atomic E-state index is 0.139. The van der Waals surface area contributed by atoms with Gasteiger partial charge in [0.25, 0.3) is 0 Å². The second-order valence-corrected chi connectivity index (χ2v) is 16.8. The van der Waals surface area contributed by atoms with Crippen molar-refractivity contribution in [1.82, 2.24) is 9.80 Å². The van der Waals surface area contributed by atoms with E-state index in [4.69, 9.17) is 11.6 Å². The number of hydrogen-bond acceptors (Lipinski definition) is 3. The average Bonchev–Trinajstić information content (AvgIpc) is 3.29. The van der Waals surface area contributed by atoms with Crippen molar-refractivity contribution in [2.45, 2.75) is 92.5 Å². The van der Waals surface area contributed by atoms with Gasteiger partial charge in [0.1, 0.15) is 0 Å². The molecule has 5 aliphatic carbocycles. The monoisotopic (exact) mass is 618 g/mol. The number of halogens is 1. The van der Waals surface area contributed by atoms with Gasteiger partial charge in [-0.25, -0.2) is 0 Å². The maximum Gasteiger partial charge on any atom is 0.233 e. The van der Waals surface area contributed by atoms with Crippen molar-refractivity contribution >= 4 is 23.3 Å². The lowest BCUT2D eigenvalue weighted by molar-refractivity contribution is -0.157. The first-order chi connectivity index (χ1) is 20.8. The Kier molecular flexibility index (Phi) is 8.53. The predicted molar refractivity (Wildman–Crippen MR) is 180 cm³/mol. The van der Waals surface area contributed by atoms with Gasteiger partial charge in [-0.3, -0.25) is 9.59 Å². The van der Waals surface area contributed by atoms with Crippen LogP contribution in [0.15, 0.2) is 47.6 Å². The van der Waals surface area contributed by atoms with Gasteiger partial charge < -0.3 is 9.80 Å². The van der Waals surface area contributed by atoms with Crippen LogP contribution in [0, 0.1) is 51.8 Å². The van der Waals surface area contributed by atoms with Gasteiger partial charge in [-0.1, -0.05) is 70.5 Å². The summed E-state index contributed by atoms with van der Waals surface area (Å²) in [6, 6.07) is 7.88. The first kappa shape index (κ1) is 32.0. The number of Topliss-reactive ketones (excluding diaryl/α,β-unsaturated/α-hetero) is 1. The van der Waals surface area contributed by atoms with Crippen molar-refractivity contribution in [2.75, 3.05) is 27.2 Å². The van der Waals surface area contributed by atoms with Gasteiger partial charge in [0.2, 0.25) is 5.91 Å². The van der Waals surface area contributed by atoms with Crippen molar-refractivity contribution in [3.63, 3.8) is 0 Å². The number of rotatable bonds is 7. The summed E-state index contributed by atoms with van der Waals surface area (Å²) in [7, 11) is 4.12. The molecule has 8 atom stereocenters. The summed E-state index contributed by atoms with van der Waals surface area (Å²) in [5.41, 5.74) is 3.26. The van der Waals surface area contributed by atoms with E-state index in [1.165, 1.54) is 31.3 Å². The molecule has 1 amide bonds. The molecule has 0 spiro atoms. The molecule has 8 unspecified atom stereocenters. The number of likely N-dealkylation sites (N-methyl/N-ethyl adjacent to an activating group) is 1. The highest BCUT2D eigenvalue weighted by atomic mass is 35.5. The number of hydrogen-bond donors (Lipinski definition) is 0. The zero-order chi connectivity index (χ0) is 31.6. The molecule has 0 N–H and O–H groups in total. The van der Waals surface area contributed by atoms with Crippen LogP contribution in [0.1, 0.15) is 91.5 Å². The molecule has 0 saturated heterocycles. The van der Waals surface area contributed by atoms with E-state index in [9.17, 15) is 4.79 Å². The fourth-order valence-corrected chi connectivity index (χ4v) is 11.6. The van der Waals surface area contributed by atoms with Crippen molar-refractivity contribution in [1.29, 1.82) is 0 Å². The standard InChI is InChI=1S/C39H55ClN2O2/c1-25(2)34-32(43)23-39(36(44)42(22-21-41(6)7)24-27-10-12-28(40)13-11-27)20-17-31-29(35(34)39)14-15-33-37(4)18-8-9-26(3)30(37)16-19-38(31,33)5/h8-13,25-26,29-31,33H,14-24H2,1-7H3. The summed E-state index contributed by atoms with van der Waals surface area (Å²) >= 11 is 6.21. The molecule has 6 rings (SSSR count).